The number of nitrogens with zero attached hydrogens (tertiary/aromatic N) is 1. The number of aryl methyl sites for hydroxylation is 3. The van der Waals surface area contributed by atoms with E-state index in [1.54, 1.807) is 0 Å². The number of hydrogen-bond donors (Lipinski definition) is 0. The van der Waals surface area contributed by atoms with E-state index in [0.717, 1.165) is 38.0 Å². The minimum atomic E-state index is 0.0467. The number of para-hydroxylation sites is 1. The Morgan fingerprint density at radius 2 is 1.05 bits per heavy atom. The predicted octanol–water partition coefficient (Wildman–Crippen LogP) is 10.1. The highest BCUT2D eigenvalue weighted by Gasteiger charge is 2.18. The maximum Gasteiger partial charge on any atom is 0.263 e. The van der Waals surface area contributed by atoms with Crippen LogP contribution in [0.1, 0.15) is 16.7 Å². The van der Waals surface area contributed by atoms with Crippen molar-refractivity contribution in [2.24, 2.45) is 0 Å². The molecule has 202 valence electrons. The fraction of sp³-hybridized carbons (Fsp3) is 0.0750. The molecule has 0 aliphatic heterocycles. The molecule has 0 saturated carbocycles. The molecule has 0 aliphatic rings. The highest BCUT2D eigenvalue weighted by molar-refractivity contribution is 6.21. The number of hydrogen-bond acceptors (Lipinski definition) is 1. The van der Waals surface area contributed by atoms with Gasteiger partial charge in [-0.25, -0.2) is 0 Å². The van der Waals surface area contributed by atoms with Gasteiger partial charge in [0.1, 0.15) is 0 Å². The molecule has 0 fully saturated rings. The summed E-state index contributed by atoms with van der Waals surface area (Å²) >= 11 is 0. The van der Waals surface area contributed by atoms with E-state index in [9.17, 15) is 4.79 Å². The van der Waals surface area contributed by atoms with Crippen molar-refractivity contribution in [3.63, 3.8) is 0 Å². The van der Waals surface area contributed by atoms with Crippen LogP contribution in [0.2, 0.25) is 0 Å². The molecule has 2 heteroatoms. The van der Waals surface area contributed by atoms with Crippen LogP contribution in [-0.2, 0) is 0 Å². The Kier molecular flexibility index (Phi) is 6.32. The number of fused-ring (bicyclic) bond motifs is 5. The average Bonchev–Trinajstić information content (AvgIpc) is 3.36. The Morgan fingerprint density at radius 1 is 0.452 bits per heavy atom. The molecule has 0 radical (unpaired) electrons. The lowest BCUT2D eigenvalue weighted by Gasteiger charge is -2.13. The van der Waals surface area contributed by atoms with E-state index < -0.39 is 0 Å². The Morgan fingerprint density at radius 3 is 1.74 bits per heavy atom. The largest absolute Gasteiger partial charge is 0.275 e. The van der Waals surface area contributed by atoms with Gasteiger partial charge in [-0.05, 0) is 83.8 Å². The van der Waals surface area contributed by atoms with Crippen molar-refractivity contribution in [1.82, 2.24) is 4.40 Å². The lowest BCUT2D eigenvalue weighted by molar-refractivity contribution is 1.21. The Labute approximate surface area is 245 Å². The third-order valence-electron chi connectivity index (χ3n) is 8.35. The van der Waals surface area contributed by atoms with Crippen molar-refractivity contribution in [2.75, 3.05) is 0 Å². The van der Waals surface area contributed by atoms with Gasteiger partial charge in [-0.2, -0.15) is 0 Å². The molecule has 42 heavy (non-hydrogen) atoms. The normalized spacial score (nSPS) is 11.3. The zero-order chi connectivity index (χ0) is 28.8. The summed E-state index contributed by atoms with van der Waals surface area (Å²) in [6.07, 6.45) is 0. The van der Waals surface area contributed by atoms with Gasteiger partial charge in [0.25, 0.3) is 5.56 Å². The van der Waals surface area contributed by atoms with E-state index in [1.807, 2.05) is 52.9 Å². The van der Waals surface area contributed by atoms with Crippen molar-refractivity contribution < 1.29 is 0 Å². The first-order valence-corrected chi connectivity index (χ1v) is 14.4. The Hall–Kier alpha value is -5.21. The second kappa shape index (κ2) is 10.3. The topological polar surface area (TPSA) is 21.5 Å². The molecule has 2 aromatic heterocycles. The molecule has 0 spiro atoms. The molecular weight excluding hydrogens is 510 g/mol. The van der Waals surface area contributed by atoms with Gasteiger partial charge in [0.05, 0.1) is 11.0 Å². The summed E-state index contributed by atoms with van der Waals surface area (Å²) in [7, 11) is 0. The fourth-order valence-electron chi connectivity index (χ4n) is 6.26. The van der Waals surface area contributed by atoms with Crippen molar-refractivity contribution in [2.45, 2.75) is 20.8 Å². The summed E-state index contributed by atoms with van der Waals surface area (Å²) < 4.78 is 1.90. The van der Waals surface area contributed by atoms with E-state index in [4.69, 9.17) is 0 Å². The van der Waals surface area contributed by atoms with Crippen molar-refractivity contribution in [3.8, 4) is 22.3 Å². The van der Waals surface area contributed by atoms with Gasteiger partial charge in [0.15, 0.2) is 0 Å². The predicted molar refractivity (Wildman–Crippen MR) is 179 cm³/mol. The van der Waals surface area contributed by atoms with Crippen LogP contribution >= 0.6 is 0 Å². The summed E-state index contributed by atoms with van der Waals surface area (Å²) in [5.74, 6) is 0. The zero-order valence-corrected chi connectivity index (χ0v) is 24.1. The third-order valence-corrected chi connectivity index (χ3v) is 8.35. The molecule has 0 atom stereocenters. The molecule has 2 heterocycles. The van der Waals surface area contributed by atoms with E-state index in [-0.39, 0.29) is 5.56 Å². The minimum absolute atomic E-state index is 0.0467. The van der Waals surface area contributed by atoms with Crippen LogP contribution in [0.3, 0.4) is 0 Å². The molecule has 0 saturated heterocycles. The third kappa shape index (κ3) is 4.24. The lowest BCUT2D eigenvalue weighted by atomic mass is 9.92. The molecule has 0 bridgehead atoms. The quantitative estimate of drug-likeness (QED) is 0.200. The smallest absolute Gasteiger partial charge is 0.263 e. The Bertz CT molecular complexity index is 2290. The molecule has 2 nitrogen and oxygen atoms in total. The van der Waals surface area contributed by atoms with E-state index in [1.165, 1.54) is 38.9 Å². The highest BCUT2D eigenvalue weighted by Crippen LogP contribution is 2.38. The van der Waals surface area contributed by atoms with Crippen LogP contribution in [-0.4, -0.2) is 4.40 Å². The van der Waals surface area contributed by atoms with Crippen LogP contribution in [0, 0.1) is 20.8 Å². The lowest BCUT2D eigenvalue weighted by Crippen LogP contribution is -2.12. The molecule has 0 aliphatic carbocycles. The summed E-state index contributed by atoms with van der Waals surface area (Å²) in [6.45, 7) is 6.43. The standard InChI is InChI=1S/C33H23NO.C7H8/c1-20-9-3-4-10-24(20)25-16-15-22(17-21(25)2)23-18-29-26-11-5-6-13-28(26)33(35)34-31-14-8-7-12-27(31)30(19-23)32(29)34;1-7-5-3-2-4-6-7/h3-19H,1-2H3;2-6H,1H3. The van der Waals surface area contributed by atoms with E-state index >= 15 is 0 Å². The molecule has 0 amide bonds. The number of pyridine rings is 1. The number of benzene rings is 6. The van der Waals surface area contributed by atoms with Gasteiger partial charge in [-0.15, -0.1) is 0 Å². The van der Waals surface area contributed by atoms with Crippen LogP contribution in [0.5, 0.6) is 0 Å². The van der Waals surface area contributed by atoms with Gasteiger partial charge < -0.3 is 0 Å². The number of rotatable bonds is 2. The van der Waals surface area contributed by atoms with Gasteiger partial charge in [-0.3, -0.25) is 9.20 Å². The van der Waals surface area contributed by atoms with Crippen LogP contribution in [0.4, 0.5) is 0 Å². The van der Waals surface area contributed by atoms with Crippen molar-refractivity contribution in [1.29, 1.82) is 0 Å². The van der Waals surface area contributed by atoms with Crippen molar-refractivity contribution in [3.05, 3.63) is 161 Å². The average molecular weight is 542 g/mol. The van der Waals surface area contributed by atoms with Gasteiger partial charge in [0, 0.05) is 21.5 Å². The summed E-state index contributed by atoms with van der Waals surface area (Å²) in [4.78, 5) is 13.5. The summed E-state index contributed by atoms with van der Waals surface area (Å²) in [6, 6.07) is 46.3. The van der Waals surface area contributed by atoms with E-state index in [0.29, 0.717) is 0 Å². The monoisotopic (exact) mass is 541 g/mol. The zero-order valence-electron chi connectivity index (χ0n) is 24.1. The first kappa shape index (κ1) is 25.7. The summed E-state index contributed by atoms with van der Waals surface area (Å²) in [5.41, 5.74) is 10.8. The second-order valence-electron chi connectivity index (χ2n) is 11.1. The minimum Gasteiger partial charge on any atom is -0.275 e. The van der Waals surface area contributed by atoms with Crippen molar-refractivity contribution >= 4 is 38.0 Å². The molecule has 0 unspecified atom stereocenters. The molecular formula is C40H31NO. The highest BCUT2D eigenvalue weighted by atomic mass is 16.1. The van der Waals surface area contributed by atoms with Gasteiger partial charge in [0.2, 0.25) is 0 Å². The molecule has 8 aromatic rings. The van der Waals surface area contributed by atoms with Gasteiger partial charge in [-0.1, -0.05) is 115 Å². The first-order chi connectivity index (χ1) is 20.5. The maximum absolute atomic E-state index is 13.5. The molecule has 6 aromatic carbocycles. The van der Waals surface area contributed by atoms with Crippen LogP contribution in [0.25, 0.3) is 60.2 Å². The first-order valence-electron chi connectivity index (χ1n) is 14.4. The molecule has 0 N–H and O–H groups in total. The molecule has 8 rings (SSSR count). The Balaban J connectivity index is 0.000000363. The van der Waals surface area contributed by atoms with Gasteiger partial charge >= 0.3 is 0 Å². The van der Waals surface area contributed by atoms with Crippen LogP contribution in [0.15, 0.2) is 138 Å². The van der Waals surface area contributed by atoms with Crippen LogP contribution < -0.4 is 5.56 Å². The van der Waals surface area contributed by atoms with E-state index in [2.05, 4.69) is 106 Å². The number of aromatic nitrogens is 1. The maximum atomic E-state index is 13.5. The SMILES string of the molecule is Cc1ccccc1.Cc1ccccc1-c1ccc(-c2cc3c4ccccc4c(=O)n4c5ccccc5c(c2)c34)cc1C. The summed E-state index contributed by atoms with van der Waals surface area (Å²) in [5, 5.41) is 5.11. The second-order valence-corrected chi connectivity index (χ2v) is 11.1. The fourth-order valence-corrected chi connectivity index (χ4v) is 6.26.